The maximum absolute atomic E-state index is 12.1. The lowest BCUT2D eigenvalue weighted by molar-refractivity contribution is -0.0652. The second kappa shape index (κ2) is 5.59. The van der Waals surface area contributed by atoms with Gasteiger partial charge in [-0.1, -0.05) is 0 Å². The molecule has 0 amide bonds. The van der Waals surface area contributed by atoms with Gasteiger partial charge in [0.2, 0.25) is 0 Å². The average molecular weight is 265 g/mol. The molecule has 0 aliphatic carbocycles. The smallest absolute Gasteiger partial charge is 0.180 e. The van der Waals surface area contributed by atoms with Crippen LogP contribution < -0.4 is 0 Å². The Morgan fingerprint density at radius 3 is 2.53 bits per heavy atom. The normalized spacial score (nSPS) is 24.3. The minimum atomic E-state index is -0.181. The zero-order valence-corrected chi connectivity index (χ0v) is 11.2. The van der Waals surface area contributed by atoms with E-state index in [1.54, 1.807) is 0 Å². The van der Waals surface area contributed by atoms with Gasteiger partial charge in [-0.05, 0) is 26.0 Å². The number of morpholine rings is 1. The van der Waals surface area contributed by atoms with Crippen LogP contribution in [-0.2, 0) is 4.74 Å². The summed E-state index contributed by atoms with van der Waals surface area (Å²) in [6.45, 7) is 5.61. The third kappa shape index (κ3) is 3.45. The second-order valence-corrected chi connectivity index (χ2v) is 5.08. The van der Waals surface area contributed by atoms with Crippen LogP contribution in [0, 0.1) is 0 Å². The topological polar surface area (TPSA) is 70.0 Å². The summed E-state index contributed by atoms with van der Waals surface area (Å²) < 4.78 is 5.61. The summed E-state index contributed by atoms with van der Waals surface area (Å²) in [5.41, 5.74) is 0.240. The largest absolute Gasteiger partial charge is 0.508 e. The molecule has 1 saturated heterocycles. The summed E-state index contributed by atoms with van der Waals surface area (Å²) in [6.07, 6.45) is 0.204. The number of phenols is 2. The molecule has 1 aliphatic heterocycles. The SMILES string of the molecule is CC1CN(CC(=O)c2ccc(O)cc2O)CC(C)O1. The number of phenolic OH excluding ortho intramolecular Hbond substituents is 2. The Labute approximate surface area is 112 Å². The number of rotatable bonds is 3. The molecule has 2 unspecified atom stereocenters. The van der Waals surface area contributed by atoms with Crippen molar-refractivity contribution in [3.05, 3.63) is 23.8 Å². The molecule has 2 atom stereocenters. The number of ether oxygens (including phenoxy) is 1. The fourth-order valence-electron chi connectivity index (χ4n) is 2.46. The van der Waals surface area contributed by atoms with Crippen LogP contribution in [0.25, 0.3) is 0 Å². The lowest BCUT2D eigenvalue weighted by Crippen LogP contribution is -2.47. The summed E-state index contributed by atoms with van der Waals surface area (Å²) in [6, 6.07) is 4.02. The highest BCUT2D eigenvalue weighted by Gasteiger charge is 2.24. The molecule has 104 valence electrons. The van der Waals surface area contributed by atoms with E-state index in [1.807, 2.05) is 18.7 Å². The fraction of sp³-hybridized carbons (Fsp3) is 0.500. The molecule has 1 aromatic carbocycles. The number of ketones is 1. The molecule has 19 heavy (non-hydrogen) atoms. The van der Waals surface area contributed by atoms with E-state index in [-0.39, 0.29) is 41.6 Å². The zero-order valence-electron chi connectivity index (χ0n) is 11.2. The van der Waals surface area contributed by atoms with Crippen molar-refractivity contribution in [2.45, 2.75) is 26.1 Å². The minimum absolute atomic E-state index is 0.0531. The molecule has 5 nitrogen and oxygen atoms in total. The predicted octanol–water partition coefficient (Wildman–Crippen LogP) is 1.39. The highest BCUT2D eigenvalue weighted by Crippen LogP contribution is 2.23. The monoisotopic (exact) mass is 265 g/mol. The van der Waals surface area contributed by atoms with Crippen LogP contribution in [0.15, 0.2) is 18.2 Å². The van der Waals surface area contributed by atoms with Crippen LogP contribution in [0.2, 0.25) is 0 Å². The van der Waals surface area contributed by atoms with Gasteiger partial charge in [-0.15, -0.1) is 0 Å². The third-order valence-electron chi connectivity index (χ3n) is 3.14. The van der Waals surface area contributed by atoms with Crippen molar-refractivity contribution in [2.75, 3.05) is 19.6 Å². The van der Waals surface area contributed by atoms with Gasteiger partial charge in [0.05, 0.1) is 24.3 Å². The lowest BCUT2D eigenvalue weighted by Gasteiger charge is -2.34. The van der Waals surface area contributed by atoms with Gasteiger partial charge >= 0.3 is 0 Å². The number of aromatic hydroxyl groups is 2. The average Bonchev–Trinajstić information content (AvgIpc) is 2.26. The van der Waals surface area contributed by atoms with E-state index >= 15 is 0 Å². The quantitative estimate of drug-likeness (QED) is 0.808. The summed E-state index contributed by atoms with van der Waals surface area (Å²) >= 11 is 0. The van der Waals surface area contributed by atoms with Gasteiger partial charge in [0.15, 0.2) is 5.78 Å². The number of nitrogens with zero attached hydrogens (tertiary/aromatic N) is 1. The van der Waals surface area contributed by atoms with Crippen LogP contribution in [0.4, 0.5) is 0 Å². The third-order valence-corrected chi connectivity index (χ3v) is 3.14. The summed E-state index contributed by atoms with van der Waals surface area (Å²) in [7, 11) is 0. The van der Waals surface area contributed by atoms with Gasteiger partial charge in [0.25, 0.3) is 0 Å². The molecule has 2 rings (SSSR count). The lowest BCUT2D eigenvalue weighted by atomic mass is 10.1. The van der Waals surface area contributed by atoms with Crippen LogP contribution in [0.1, 0.15) is 24.2 Å². The predicted molar refractivity (Wildman–Crippen MR) is 70.6 cm³/mol. The number of hydrogen-bond acceptors (Lipinski definition) is 5. The Morgan fingerprint density at radius 2 is 1.95 bits per heavy atom. The molecule has 1 fully saturated rings. The maximum atomic E-state index is 12.1. The van der Waals surface area contributed by atoms with E-state index in [1.165, 1.54) is 18.2 Å². The van der Waals surface area contributed by atoms with Crippen molar-refractivity contribution in [3.63, 3.8) is 0 Å². The summed E-state index contributed by atoms with van der Waals surface area (Å²) in [5, 5.41) is 18.9. The first-order valence-corrected chi connectivity index (χ1v) is 6.38. The number of hydrogen-bond donors (Lipinski definition) is 2. The Balaban J connectivity index is 2.04. The first-order chi connectivity index (χ1) is 8.95. The van der Waals surface area contributed by atoms with E-state index in [2.05, 4.69) is 0 Å². The molecule has 0 spiro atoms. The number of Topliss-reactive ketones (excluding diaryl/α,β-unsaturated/α-hetero) is 1. The van der Waals surface area contributed by atoms with Gasteiger partial charge in [0, 0.05) is 19.2 Å². The summed E-state index contributed by atoms with van der Waals surface area (Å²) in [5.74, 6) is -0.388. The van der Waals surface area contributed by atoms with Gasteiger partial charge in [0.1, 0.15) is 11.5 Å². The molecule has 1 heterocycles. The Hall–Kier alpha value is -1.59. The molecular formula is C14H19NO4. The van der Waals surface area contributed by atoms with Crippen molar-refractivity contribution in [1.82, 2.24) is 4.90 Å². The van der Waals surface area contributed by atoms with Crippen LogP contribution >= 0.6 is 0 Å². The van der Waals surface area contributed by atoms with E-state index < -0.39 is 0 Å². The Bertz CT molecular complexity index is 465. The second-order valence-electron chi connectivity index (χ2n) is 5.08. The van der Waals surface area contributed by atoms with Gasteiger partial charge in [-0.2, -0.15) is 0 Å². The van der Waals surface area contributed by atoms with Gasteiger partial charge in [-0.3, -0.25) is 9.69 Å². The molecule has 1 aliphatic rings. The number of benzene rings is 1. The van der Waals surface area contributed by atoms with Crippen LogP contribution in [0.3, 0.4) is 0 Å². The van der Waals surface area contributed by atoms with Crippen molar-refractivity contribution < 1.29 is 19.7 Å². The first-order valence-electron chi connectivity index (χ1n) is 6.38. The molecule has 0 bridgehead atoms. The molecule has 5 heteroatoms. The van der Waals surface area contributed by atoms with Crippen LogP contribution in [0.5, 0.6) is 11.5 Å². The van der Waals surface area contributed by atoms with E-state index in [0.29, 0.717) is 13.1 Å². The standard InChI is InChI=1S/C14H19NO4/c1-9-6-15(7-10(2)19-9)8-14(18)12-4-3-11(16)5-13(12)17/h3-5,9-10,16-17H,6-8H2,1-2H3. The highest BCUT2D eigenvalue weighted by molar-refractivity contribution is 6.00. The van der Waals surface area contributed by atoms with Crippen molar-refractivity contribution in [2.24, 2.45) is 0 Å². The highest BCUT2D eigenvalue weighted by atomic mass is 16.5. The first kappa shape index (κ1) is 13.8. The summed E-state index contributed by atoms with van der Waals surface area (Å²) in [4.78, 5) is 14.2. The van der Waals surface area contributed by atoms with E-state index in [0.717, 1.165) is 0 Å². The number of carbonyl (C=O) groups excluding carboxylic acids is 1. The van der Waals surface area contributed by atoms with Gasteiger partial charge in [-0.25, -0.2) is 0 Å². The van der Waals surface area contributed by atoms with Crippen LogP contribution in [-0.4, -0.2) is 52.7 Å². The van der Waals surface area contributed by atoms with Crippen molar-refractivity contribution >= 4 is 5.78 Å². The maximum Gasteiger partial charge on any atom is 0.180 e. The molecule has 1 aromatic rings. The molecular weight excluding hydrogens is 246 g/mol. The minimum Gasteiger partial charge on any atom is -0.508 e. The molecule has 0 radical (unpaired) electrons. The molecule has 2 N–H and O–H groups in total. The zero-order chi connectivity index (χ0) is 14.0. The van der Waals surface area contributed by atoms with E-state index in [9.17, 15) is 15.0 Å². The number of carbonyl (C=O) groups is 1. The Morgan fingerprint density at radius 1 is 1.32 bits per heavy atom. The van der Waals surface area contributed by atoms with Gasteiger partial charge < -0.3 is 14.9 Å². The molecule has 0 aromatic heterocycles. The molecule has 0 saturated carbocycles. The Kier molecular flexibility index (Phi) is 4.07. The fourth-order valence-corrected chi connectivity index (χ4v) is 2.46. The van der Waals surface area contributed by atoms with E-state index in [4.69, 9.17) is 4.74 Å². The van der Waals surface area contributed by atoms with Crippen molar-refractivity contribution in [3.8, 4) is 11.5 Å². The van der Waals surface area contributed by atoms with Crippen molar-refractivity contribution in [1.29, 1.82) is 0 Å².